The third-order valence-electron chi connectivity index (χ3n) is 1.72. The standard InChI is InChI=1S/C8H4ClN3O2/c9-7-4-10-8-5(11-7)2-1-3-6(8)12(13)14/h1-4H. The highest BCUT2D eigenvalue weighted by molar-refractivity contribution is 6.29. The van der Waals surface area contributed by atoms with Crippen molar-refractivity contribution in [3.63, 3.8) is 0 Å². The predicted molar refractivity (Wildman–Crippen MR) is 51.2 cm³/mol. The van der Waals surface area contributed by atoms with Crippen LogP contribution in [-0.2, 0) is 0 Å². The van der Waals surface area contributed by atoms with E-state index in [4.69, 9.17) is 11.6 Å². The molecule has 0 unspecified atom stereocenters. The van der Waals surface area contributed by atoms with Crippen LogP contribution in [-0.4, -0.2) is 14.9 Å². The molecule has 0 aliphatic heterocycles. The molecule has 0 bridgehead atoms. The van der Waals surface area contributed by atoms with Crippen LogP contribution in [0.5, 0.6) is 0 Å². The Hall–Kier alpha value is -1.75. The molecule has 2 aromatic rings. The first-order valence-electron chi connectivity index (χ1n) is 3.74. The van der Waals surface area contributed by atoms with Crippen LogP contribution in [0, 0.1) is 10.1 Å². The van der Waals surface area contributed by atoms with Crippen LogP contribution in [0.2, 0.25) is 5.15 Å². The third kappa shape index (κ3) is 1.38. The second kappa shape index (κ2) is 3.19. The van der Waals surface area contributed by atoms with Crippen molar-refractivity contribution in [2.24, 2.45) is 0 Å². The van der Waals surface area contributed by atoms with E-state index in [2.05, 4.69) is 9.97 Å². The van der Waals surface area contributed by atoms with Crippen molar-refractivity contribution in [3.8, 4) is 0 Å². The monoisotopic (exact) mass is 209 g/mol. The Morgan fingerprint density at radius 2 is 2.21 bits per heavy atom. The van der Waals surface area contributed by atoms with Gasteiger partial charge in [-0.2, -0.15) is 0 Å². The molecule has 0 atom stereocenters. The number of non-ortho nitro benzene ring substituents is 1. The number of rotatable bonds is 1. The number of nitro benzene ring substituents is 1. The van der Waals surface area contributed by atoms with Gasteiger partial charge in [0.15, 0.2) is 5.52 Å². The average Bonchev–Trinajstić information content (AvgIpc) is 2.16. The first-order valence-corrected chi connectivity index (χ1v) is 4.12. The lowest BCUT2D eigenvalue weighted by atomic mass is 10.2. The van der Waals surface area contributed by atoms with Crippen LogP contribution in [0.3, 0.4) is 0 Å². The summed E-state index contributed by atoms with van der Waals surface area (Å²) in [6, 6.07) is 4.55. The molecule has 1 heterocycles. The van der Waals surface area contributed by atoms with Gasteiger partial charge in [-0.1, -0.05) is 17.7 Å². The number of fused-ring (bicyclic) bond motifs is 1. The molecule has 14 heavy (non-hydrogen) atoms. The Morgan fingerprint density at radius 3 is 2.93 bits per heavy atom. The van der Waals surface area contributed by atoms with E-state index in [1.54, 1.807) is 12.1 Å². The summed E-state index contributed by atoms with van der Waals surface area (Å²) in [5.41, 5.74) is 0.611. The van der Waals surface area contributed by atoms with Crippen molar-refractivity contribution in [2.45, 2.75) is 0 Å². The first-order chi connectivity index (χ1) is 6.68. The summed E-state index contributed by atoms with van der Waals surface area (Å²) < 4.78 is 0. The summed E-state index contributed by atoms with van der Waals surface area (Å²) in [5.74, 6) is 0. The molecule has 0 radical (unpaired) electrons. The van der Waals surface area contributed by atoms with Gasteiger partial charge in [0.1, 0.15) is 5.15 Å². The maximum absolute atomic E-state index is 10.6. The number of para-hydroxylation sites is 1. The van der Waals surface area contributed by atoms with E-state index in [0.717, 1.165) is 0 Å². The normalized spacial score (nSPS) is 10.4. The number of hydrogen-bond donors (Lipinski definition) is 0. The summed E-state index contributed by atoms with van der Waals surface area (Å²) in [4.78, 5) is 17.9. The highest BCUT2D eigenvalue weighted by Gasteiger charge is 2.12. The second-order valence-corrected chi connectivity index (χ2v) is 2.98. The highest BCUT2D eigenvalue weighted by atomic mass is 35.5. The zero-order chi connectivity index (χ0) is 10.1. The largest absolute Gasteiger partial charge is 0.297 e. The van der Waals surface area contributed by atoms with Crippen molar-refractivity contribution in [1.29, 1.82) is 0 Å². The minimum absolute atomic E-state index is 0.0633. The van der Waals surface area contributed by atoms with E-state index in [-0.39, 0.29) is 16.4 Å². The Morgan fingerprint density at radius 1 is 1.43 bits per heavy atom. The van der Waals surface area contributed by atoms with E-state index in [1.807, 2.05) is 0 Å². The lowest BCUT2D eigenvalue weighted by molar-refractivity contribution is -0.383. The molecule has 2 rings (SSSR count). The number of nitrogens with zero attached hydrogens (tertiary/aromatic N) is 3. The molecular formula is C8H4ClN3O2. The fourth-order valence-corrected chi connectivity index (χ4v) is 1.29. The molecule has 1 aromatic carbocycles. The van der Waals surface area contributed by atoms with Crippen LogP contribution in [0.1, 0.15) is 0 Å². The average molecular weight is 210 g/mol. The zero-order valence-corrected chi connectivity index (χ0v) is 7.60. The summed E-state index contributed by atoms with van der Waals surface area (Å²) in [7, 11) is 0. The third-order valence-corrected chi connectivity index (χ3v) is 1.90. The van der Waals surface area contributed by atoms with Crippen molar-refractivity contribution >= 4 is 28.3 Å². The lowest BCUT2D eigenvalue weighted by Gasteiger charge is -1.97. The predicted octanol–water partition coefficient (Wildman–Crippen LogP) is 2.19. The first kappa shape index (κ1) is 8.83. The molecule has 0 spiro atoms. The molecule has 0 saturated carbocycles. The van der Waals surface area contributed by atoms with Gasteiger partial charge in [-0.15, -0.1) is 0 Å². The van der Waals surface area contributed by atoms with Crippen LogP contribution in [0.15, 0.2) is 24.4 Å². The van der Waals surface area contributed by atoms with Gasteiger partial charge < -0.3 is 0 Å². The molecule has 0 aliphatic rings. The molecule has 6 heteroatoms. The Bertz CT molecular complexity index is 515. The summed E-state index contributed by atoms with van der Waals surface area (Å²) in [6.45, 7) is 0. The van der Waals surface area contributed by atoms with Crippen molar-refractivity contribution in [2.75, 3.05) is 0 Å². The van der Waals surface area contributed by atoms with E-state index >= 15 is 0 Å². The van der Waals surface area contributed by atoms with Gasteiger partial charge in [-0.05, 0) is 6.07 Å². The molecule has 0 aliphatic carbocycles. The van der Waals surface area contributed by atoms with Crippen LogP contribution < -0.4 is 0 Å². The van der Waals surface area contributed by atoms with Gasteiger partial charge in [-0.25, -0.2) is 9.97 Å². The number of benzene rings is 1. The van der Waals surface area contributed by atoms with Gasteiger partial charge in [0.2, 0.25) is 0 Å². The van der Waals surface area contributed by atoms with Gasteiger partial charge >= 0.3 is 0 Å². The second-order valence-electron chi connectivity index (χ2n) is 2.59. The van der Waals surface area contributed by atoms with Gasteiger partial charge in [0.25, 0.3) is 5.69 Å². The molecule has 0 fully saturated rings. The van der Waals surface area contributed by atoms with Crippen molar-refractivity contribution < 1.29 is 4.92 Å². The molecular weight excluding hydrogens is 206 g/mol. The zero-order valence-electron chi connectivity index (χ0n) is 6.85. The minimum Gasteiger partial charge on any atom is -0.258 e. The molecule has 5 nitrogen and oxygen atoms in total. The van der Waals surface area contributed by atoms with E-state index < -0.39 is 4.92 Å². The number of aromatic nitrogens is 2. The van der Waals surface area contributed by atoms with Crippen molar-refractivity contribution in [1.82, 2.24) is 9.97 Å². The van der Waals surface area contributed by atoms with Crippen LogP contribution in [0.4, 0.5) is 5.69 Å². The topological polar surface area (TPSA) is 68.9 Å². The highest BCUT2D eigenvalue weighted by Crippen LogP contribution is 2.22. The molecule has 0 saturated heterocycles. The Balaban J connectivity index is 2.81. The number of nitro groups is 1. The summed E-state index contributed by atoms with van der Waals surface area (Å²) in [6.07, 6.45) is 1.29. The summed E-state index contributed by atoms with van der Waals surface area (Å²) >= 11 is 5.61. The molecule has 0 amide bonds. The van der Waals surface area contributed by atoms with E-state index in [9.17, 15) is 10.1 Å². The van der Waals surface area contributed by atoms with Gasteiger partial charge in [-0.3, -0.25) is 10.1 Å². The van der Waals surface area contributed by atoms with Gasteiger partial charge in [0, 0.05) is 6.07 Å². The summed E-state index contributed by atoms with van der Waals surface area (Å²) in [5, 5.41) is 10.8. The Kier molecular flexibility index (Phi) is 2.01. The minimum atomic E-state index is -0.495. The quantitative estimate of drug-likeness (QED) is 0.533. The number of hydrogen-bond acceptors (Lipinski definition) is 4. The smallest absolute Gasteiger partial charge is 0.258 e. The van der Waals surface area contributed by atoms with E-state index in [1.165, 1.54) is 12.3 Å². The van der Waals surface area contributed by atoms with Crippen LogP contribution >= 0.6 is 11.6 Å². The van der Waals surface area contributed by atoms with Crippen LogP contribution in [0.25, 0.3) is 11.0 Å². The molecule has 70 valence electrons. The lowest BCUT2D eigenvalue weighted by Crippen LogP contribution is -1.92. The molecule has 0 N–H and O–H groups in total. The maximum Gasteiger partial charge on any atom is 0.297 e. The fourth-order valence-electron chi connectivity index (χ4n) is 1.15. The molecule has 1 aromatic heterocycles. The Labute approximate surface area is 83.5 Å². The van der Waals surface area contributed by atoms with Crippen molar-refractivity contribution in [3.05, 3.63) is 39.7 Å². The van der Waals surface area contributed by atoms with Gasteiger partial charge in [0.05, 0.1) is 16.6 Å². The van der Waals surface area contributed by atoms with E-state index in [0.29, 0.717) is 5.52 Å². The number of halogens is 1. The fraction of sp³-hybridized carbons (Fsp3) is 0. The maximum atomic E-state index is 10.6. The SMILES string of the molecule is O=[N+]([O-])c1cccc2nc(Cl)cnc12.